The molecule has 0 radical (unpaired) electrons. The summed E-state index contributed by atoms with van der Waals surface area (Å²) in [4.78, 5) is 14.0. The highest BCUT2D eigenvalue weighted by Gasteiger charge is 2.13. The molecule has 0 amide bonds. The molecule has 0 bridgehead atoms. The average Bonchev–Trinajstić information content (AvgIpc) is 2.66. The minimum atomic E-state index is 0.648. The Hall–Kier alpha value is -1.79. The van der Waals surface area contributed by atoms with Crippen molar-refractivity contribution < 1.29 is 0 Å². The molecule has 0 saturated heterocycles. The molecule has 0 atom stereocenters. The molecule has 86 valence electrons. The molecule has 0 fully saturated rings. The summed E-state index contributed by atoms with van der Waals surface area (Å²) in [5.74, 6) is 6.10. The smallest absolute Gasteiger partial charge is 0.161 e. The Morgan fingerprint density at radius 1 is 1.29 bits per heavy atom. The zero-order valence-corrected chi connectivity index (χ0v) is 10.3. The van der Waals surface area contributed by atoms with Crippen molar-refractivity contribution in [3.05, 3.63) is 23.7 Å². The van der Waals surface area contributed by atoms with Crippen LogP contribution in [0.3, 0.4) is 0 Å². The van der Waals surface area contributed by atoms with Crippen LogP contribution in [0.5, 0.6) is 0 Å². The second kappa shape index (κ2) is 3.61. The number of thiophene rings is 1. The quantitative estimate of drug-likeness (QED) is 0.507. The maximum absolute atomic E-state index is 5.45. The summed E-state index contributed by atoms with van der Waals surface area (Å²) in [5.41, 5.74) is 5.70. The van der Waals surface area contributed by atoms with E-state index < -0.39 is 0 Å². The third kappa shape index (κ3) is 1.45. The summed E-state index contributed by atoms with van der Waals surface area (Å²) >= 11 is 1.56. The summed E-state index contributed by atoms with van der Waals surface area (Å²) in [6.07, 6.45) is 1.52. The van der Waals surface area contributed by atoms with Crippen LogP contribution in [0.15, 0.2) is 12.4 Å². The lowest BCUT2D eigenvalue weighted by Crippen LogP contribution is -2.08. The van der Waals surface area contributed by atoms with E-state index in [1.807, 2.05) is 6.92 Å². The summed E-state index contributed by atoms with van der Waals surface area (Å²) in [6, 6.07) is 2.06. The van der Waals surface area contributed by atoms with Crippen molar-refractivity contribution in [2.24, 2.45) is 5.84 Å². The number of nitrogens with zero attached hydrogens (tertiary/aromatic N) is 3. The van der Waals surface area contributed by atoms with Crippen molar-refractivity contribution in [3.8, 4) is 0 Å². The van der Waals surface area contributed by atoms with Crippen LogP contribution in [0, 0.1) is 13.8 Å². The lowest BCUT2D eigenvalue weighted by molar-refractivity contribution is 1.19. The standard InChI is InChI=1S/C11H11N5S/c1-5-3-6(2)15-11-7(5)8-9(17-11)10(16-12)14-4-13-8/h3-4H,12H2,1-2H3,(H,13,14,16). The summed E-state index contributed by atoms with van der Waals surface area (Å²) in [7, 11) is 0. The zero-order valence-electron chi connectivity index (χ0n) is 9.48. The first kappa shape index (κ1) is 10.4. The predicted molar refractivity (Wildman–Crippen MR) is 70.0 cm³/mol. The summed E-state index contributed by atoms with van der Waals surface area (Å²) in [6.45, 7) is 4.06. The van der Waals surface area contributed by atoms with Gasteiger partial charge < -0.3 is 5.43 Å². The summed E-state index contributed by atoms with van der Waals surface area (Å²) < 4.78 is 0.950. The number of nitrogens with one attached hydrogen (secondary N) is 1. The molecule has 0 aromatic carbocycles. The number of anilines is 1. The van der Waals surface area contributed by atoms with E-state index in [1.54, 1.807) is 11.3 Å². The van der Waals surface area contributed by atoms with Crippen molar-refractivity contribution in [2.45, 2.75) is 13.8 Å². The predicted octanol–water partition coefficient (Wildman–Crippen LogP) is 2.14. The molecule has 0 aliphatic carbocycles. The average molecular weight is 245 g/mol. The Kier molecular flexibility index (Phi) is 2.20. The largest absolute Gasteiger partial charge is 0.307 e. The topological polar surface area (TPSA) is 76.7 Å². The van der Waals surface area contributed by atoms with Crippen molar-refractivity contribution in [1.82, 2.24) is 15.0 Å². The number of aryl methyl sites for hydroxylation is 2. The molecule has 3 N–H and O–H groups in total. The van der Waals surface area contributed by atoms with Crippen molar-refractivity contribution >= 4 is 37.6 Å². The Morgan fingerprint density at radius 3 is 2.88 bits per heavy atom. The number of pyridine rings is 1. The number of nitrogen functional groups attached to an aromatic ring is 1. The second-order valence-electron chi connectivity index (χ2n) is 3.91. The van der Waals surface area contributed by atoms with Crippen molar-refractivity contribution in [1.29, 1.82) is 0 Å². The van der Waals surface area contributed by atoms with Gasteiger partial charge in [0, 0.05) is 11.1 Å². The van der Waals surface area contributed by atoms with Crippen LogP contribution >= 0.6 is 11.3 Å². The van der Waals surface area contributed by atoms with Crippen LogP contribution < -0.4 is 11.3 Å². The van der Waals surface area contributed by atoms with E-state index in [0.717, 1.165) is 26.1 Å². The van der Waals surface area contributed by atoms with E-state index in [4.69, 9.17) is 5.84 Å². The molecule has 0 aliphatic heterocycles. The van der Waals surface area contributed by atoms with Crippen LogP contribution in [0.2, 0.25) is 0 Å². The van der Waals surface area contributed by atoms with Gasteiger partial charge >= 0.3 is 0 Å². The first-order valence-electron chi connectivity index (χ1n) is 5.19. The Balaban J connectivity index is 2.54. The van der Waals surface area contributed by atoms with Gasteiger partial charge in [-0.1, -0.05) is 0 Å². The zero-order chi connectivity index (χ0) is 12.0. The third-order valence-electron chi connectivity index (χ3n) is 2.69. The molecule has 3 rings (SSSR count). The Bertz CT molecular complexity index is 719. The van der Waals surface area contributed by atoms with Gasteiger partial charge in [0.1, 0.15) is 11.2 Å². The third-order valence-corrected chi connectivity index (χ3v) is 3.77. The fourth-order valence-electron chi connectivity index (χ4n) is 2.01. The van der Waals surface area contributed by atoms with Gasteiger partial charge in [0.05, 0.1) is 10.2 Å². The van der Waals surface area contributed by atoms with Gasteiger partial charge in [0.2, 0.25) is 0 Å². The Morgan fingerprint density at radius 2 is 2.12 bits per heavy atom. The van der Waals surface area contributed by atoms with Crippen LogP contribution in [0.25, 0.3) is 20.4 Å². The van der Waals surface area contributed by atoms with Gasteiger partial charge in [-0.15, -0.1) is 11.3 Å². The van der Waals surface area contributed by atoms with E-state index in [-0.39, 0.29) is 0 Å². The van der Waals surface area contributed by atoms with Crippen LogP contribution in [-0.4, -0.2) is 15.0 Å². The first-order chi connectivity index (χ1) is 8.20. The van der Waals surface area contributed by atoms with Crippen LogP contribution in [0.4, 0.5) is 5.82 Å². The lowest BCUT2D eigenvalue weighted by atomic mass is 10.1. The molecule has 6 heteroatoms. The Labute approximate surface area is 102 Å². The molecule has 3 heterocycles. The first-order valence-corrected chi connectivity index (χ1v) is 6.00. The monoisotopic (exact) mass is 245 g/mol. The van der Waals surface area contributed by atoms with E-state index in [2.05, 4.69) is 33.4 Å². The number of fused-ring (bicyclic) bond motifs is 3. The number of hydrogen-bond acceptors (Lipinski definition) is 6. The van der Waals surface area contributed by atoms with Gasteiger partial charge in [-0.25, -0.2) is 20.8 Å². The number of hydrazine groups is 1. The molecule has 3 aromatic heterocycles. The molecule has 0 saturated carbocycles. The fraction of sp³-hybridized carbons (Fsp3) is 0.182. The highest BCUT2D eigenvalue weighted by Crippen LogP contribution is 2.36. The molecule has 3 aromatic rings. The van der Waals surface area contributed by atoms with E-state index in [1.165, 1.54) is 11.9 Å². The van der Waals surface area contributed by atoms with Crippen molar-refractivity contribution in [3.63, 3.8) is 0 Å². The minimum Gasteiger partial charge on any atom is -0.307 e. The molecule has 5 nitrogen and oxygen atoms in total. The highest BCUT2D eigenvalue weighted by atomic mass is 32.1. The van der Waals surface area contributed by atoms with E-state index in [9.17, 15) is 0 Å². The summed E-state index contributed by atoms with van der Waals surface area (Å²) in [5, 5.41) is 1.09. The molecule has 17 heavy (non-hydrogen) atoms. The number of aromatic nitrogens is 3. The number of rotatable bonds is 1. The molecular formula is C11H11N5S. The minimum absolute atomic E-state index is 0.648. The lowest BCUT2D eigenvalue weighted by Gasteiger charge is -1.99. The van der Waals surface area contributed by atoms with Crippen molar-refractivity contribution in [2.75, 3.05) is 5.43 Å². The van der Waals surface area contributed by atoms with Gasteiger partial charge in [0.25, 0.3) is 0 Å². The SMILES string of the molecule is Cc1cc(C)c2c(n1)sc1c(NN)ncnc12. The van der Waals surface area contributed by atoms with Gasteiger partial charge in [-0.05, 0) is 25.5 Å². The molecule has 0 unspecified atom stereocenters. The molecule has 0 spiro atoms. The molecule has 0 aliphatic rings. The maximum atomic E-state index is 5.45. The molecular weight excluding hydrogens is 234 g/mol. The van der Waals surface area contributed by atoms with Gasteiger partial charge in [0.15, 0.2) is 5.82 Å². The van der Waals surface area contributed by atoms with Crippen LogP contribution in [0.1, 0.15) is 11.3 Å². The van der Waals surface area contributed by atoms with E-state index >= 15 is 0 Å². The number of hydrogen-bond donors (Lipinski definition) is 2. The number of nitrogens with two attached hydrogens (primary N) is 1. The fourth-order valence-corrected chi connectivity index (χ4v) is 3.21. The maximum Gasteiger partial charge on any atom is 0.161 e. The van der Waals surface area contributed by atoms with Crippen LogP contribution in [-0.2, 0) is 0 Å². The van der Waals surface area contributed by atoms with E-state index in [0.29, 0.717) is 5.82 Å². The highest BCUT2D eigenvalue weighted by molar-refractivity contribution is 7.26. The van der Waals surface area contributed by atoms with Gasteiger partial charge in [-0.2, -0.15) is 0 Å². The normalized spacial score (nSPS) is 11.2. The van der Waals surface area contributed by atoms with Gasteiger partial charge in [-0.3, -0.25) is 0 Å². The second-order valence-corrected chi connectivity index (χ2v) is 4.91.